The number of aromatic nitrogens is 3. The second-order valence-corrected chi connectivity index (χ2v) is 3.82. The van der Waals surface area contributed by atoms with Crippen LogP contribution in [-0.2, 0) is 6.54 Å². The van der Waals surface area contributed by atoms with Gasteiger partial charge in [0.1, 0.15) is 0 Å². The van der Waals surface area contributed by atoms with E-state index in [2.05, 4.69) is 27.3 Å². The second-order valence-electron chi connectivity index (χ2n) is 3.55. The van der Waals surface area contributed by atoms with Crippen LogP contribution in [-0.4, -0.2) is 26.3 Å². The Morgan fingerprint density at radius 1 is 1.47 bits per heavy atom. The summed E-state index contributed by atoms with van der Waals surface area (Å²) in [6.45, 7) is 2.69. The van der Waals surface area contributed by atoms with Crippen molar-refractivity contribution in [2.75, 3.05) is 0 Å². The first-order valence-electron chi connectivity index (χ1n) is 5.21. The van der Waals surface area contributed by atoms with Gasteiger partial charge in [0.15, 0.2) is 5.82 Å². The smallest absolute Gasteiger partial charge is 0.173 e. The molecule has 0 aliphatic carbocycles. The van der Waals surface area contributed by atoms with Gasteiger partial charge in [-0.15, -0.1) is 0 Å². The molecule has 0 saturated carbocycles. The highest BCUT2D eigenvalue weighted by atomic mass is 32.1. The Morgan fingerprint density at radius 2 is 2.35 bits per heavy atom. The summed E-state index contributed by atoms with van der Waals surface area (Å²) in [5, 5.41) is 5.76. The number of hydrogen-bond acceptors (Lipinski definition) is 4. The Kier molecular flexibility index (Phi) is 3.72. The van der Waals surface area contributed by atoms with Crippen LogP contribution in [0.5, 0.6) is 0 Å². The molecule has 0 aromatic carbocycles. The third-order valence-corrected chi connectivity index (χ3v) is 2.45. The zero-order chi connectivity index (χ0) is 12.1. The Balaban J connectivity index is 2.14. The molecule has 17 heavy (non-hydrogen) atoms. The zero-order valence-corrected chi connectivity index (χ0v) is 10.3. The van der Waals surface area contributed by atoms with Crippen molar-refractivity contribution in [3.63, 3.8) is 0 Å². The zero-order valence-electron chi connectivity index (χ0n) is 9.45. The normalized spacial score (nSPS) is 10.9. The number of thiocarbonyl (C=S) groups is 1. The van der Waals surface area contributed by atoms with E-state index >= 15 is 0 Å². The van der Waals surface area contributed by atoms with Crippen LogP contribution in [0.2, 0.25) is 0 Å². The van der Waals surface area contributed by atoms with E-state index in [4.69, 9.17) is 0 Å². The second kappa shape index (κ2) is 5.45. The standard InChI is InChI=1S/C12H12N4S/c1-10-3-2-5-13-11(10)9-16-7-4-12(15-16)14-6-8-17/h2-8H,9H2,1H3. The summed E-state index contributed by atoms with van der Waals surface area (Å²) in [4.78, 5) is 8.40. The molecule has 2 aromatic heterocycles. The summed E-state index contributed by atoms with van der Waals surface area (Å²) in [5.41, 5.74) is 2.17. The minimum Gasteiger partial charge on any atom is -0.265 e. The fraction of sp³-hybridized carbons (Fsp3) is 0.167. The summed E-state index contributed by atoms with van der Waals surface area (Å²) >= 11 is 4.66. The Hall–Kier alpha value is -1.88. The van der Waals surface area contributed by atoms with Gasteiger partial charge in [-0.1, -0.05) is 18.3 Å². The first-order chi connectivity index (χ1) is 8.29. The molecule has 0 saturated heterocycles. The van der Waals surface area contributed by atoms with E-state index in [1.54, 1.807) is 12.4 Å². The van der Waals surface area contributed by atoms with E-state index in [0.717, 1.165) is 11.3 Å². The molecule has 0 spiro atoms. The average Bonchev–Trinajstić information content (AvgIpc) is 2.77. The van der Waals surface area contributed by atoms with Gasteiger partial charge < -0.3 is 0 Å². The highest BCUT2D eigenvalue weighted by Gasteiger charge is 2.01. The number of aryl methyl sites for hydroxylation is 1. The lowest BCUT2D eigenvalue weighted by molar-refractivity contribution is 0.670. The van der Waals surface area contributed by atoms with E-state index in [-0.39, 0.29) is 0 Å². The molecular formula is C12H12N4S. The summed E-state index contributed by atoms with van der Waals surface area (Å²) < 4.78 is 1.81. The number of aliphatic imine (C=N–C) groups is 1. The van der Waals surface area contributed by atoms with Gasteiger partial charge in [0.2, 0.25) is 0 Å². The lowest BCUT2D eigenvalue weighted by atomic mass is 10.2. The van der Waals surface area contributed by atoms with Crippen LogP contribution in [0.4, 0.5) is 5.82 Å². The van der Waals surface area contributed by atoms with Crippen molar-refractivity contribution < 1.29 is 0 Å². The van der Waals surface area contributed by atoms with Crippen molar-refractivity contribution in [3.8, 4) is 0 Å². The van der Waals surface area contributed by atoms with Crippen molar-refractivity contribution in [1.29, 1.82) is 0 Å². The highest BCUT2D eigenvalue weighted by Crippen LogP contribution is 2.09. The number of rotatable bonds is 4. The highest BCUT2D eigenvalue weighted by molar-refractivity contribution is 7.80. The molecule has 0 fully saturated rings. The first-order valence-corrected chi connectivity index (χ1v) is 5.68. The van der Waals surface area contributed by atoms with Gasteiger partial charge in [-0.2, -0.15) is 5.10 Å². The quantitative estimate of drug-likeness (QED) is 0.612. The van der Waals surface area contributed by atoms with Crippen molar-refractivity contribution in [2.45, 2.75) is 13.5 Å². The fourth-order valence-electron chi connectivity index (χ4n) is 1.45. The van der Waals surface area contributed by atoms with Crippen LogP contribution < -0.4 is 0 Å². The van der Waals surface area contributed by atoms with E-state index in [0.29, 0.717) is 12.4 Å². The van der Waals surface area contributed by atoms with Crippen LogP contribution in [0, 0.1) is 6.92 Å². The predicted molar refractivity (Wildman–Crippen MR) is 72.1 cm³/mol. The van der Waals surface area contributed by atoms with E-state index in [9.17, 15) is 0 Å². The number of nitrogens with zero attached hydrogens (tertiary/aromatic N) is 4. The molecule has 2 rings (SSSR count). The van der Waals surface area contributed by atoms with Gasteiger partial charge in [-0.3, -0.25) is 9.67 Å². The monoisotopic (exact) mass is 244 g/mol. The Labute approximate surface area is 105 Å². The molecule has 2 heterocycles. The van der Waals surface area contributed by atoms with Crippen LogP contribution in [0.15, 0.2) is 35.6 Å². The van der Waals surface area contributed by atoms with Gasteiger partial charge in [-0.05, 0) is 18.6 Å². The molecular weight excluding hydrogens is 232 g/mol. The van der Waals surface area contributed by atoms with Crippen LogP contribution in [0.25, 0.3) is 0 Å². The molecule has 0 atom stereocenters. The van der Waals surface area contributed by atoms with Crippen molar-refractivity contribution >= 4 is 29.6 Å². The lowest BCUT2D eigenvalue weighted by Gasteiger charge is -2.03. The van der Waals surface area contributed by atoms with E-state index < -0.39 is 0 Å². The van der Waals surface area contributed by atoms with Crippen LogP contribution in [0.1, 0.15) is 11.3 Å². The maximum absolute atomic E-state index is 4.66. The summed E-state index contributed by atoms with van der Waals surface area (Å²) in [6.07, 6.45) is 5.22. The molecule has 86 valence electrons. The number of hydrogen-bond donors (Lipinski definition) is 0. The van der Waals surface area contributed by atoms with Crippen LogP contribution >= 0.6 is 12.2 Å². The van der Waals surface area contributed by atoms with Crippen molar-refractivity contribution in [3.05, 3.63) is 41.9 Å². The maximum atomic E-state index is 4.66. The topological polar surface area (TPSA) is 43.1 Å². The third kappa shape index (κ3) is 3.04. The van der Waals surface area contributed by atoms with Gasteiger partial charge in [0, 0.05) is 30.0 Å². The van der Waals surface area contributed by atoms with Crippen molar-refractivity contribution in [2.24, 2.45) is 4.99 Å². The van der Waals surface area contributed by atoms with Gasteiger partial charge >= 0.3 is 0 Å². The van der Waals surface area contributed by atoms with Crippen molar-refractivity contribution in [1.82, 2.24) is 14.8 Å². The number of pyridine rings is 1. The predicted octanol–water partition coefficient (Wildman–Crippen LogP) is 2.34. The summed E-state index contributed by atoms with van der Waals surface area (Å²) in [7, 11) is 0. The Bertz CT molecular complexity index is 545. The summed E-state index contributed by atoms with van der Waals surface area (Å²) in [6, 6.07) is 5.81. The van der Waals surface area contributed by atoms with Gasteiger partial charge in [0.05, 0.1) is 12.2 Å². The SMILES string of the molecule is Cc1cccnc1Cn1ccc(N=CC=S)n1. The molecule has 0 aliphatic rings. The van der Waals surface area contributed by atoms with Crippen LogP contribution in [0.3, 0.4) is 0 Å². The Morgan fingerprint density at radius 3 is 3.12 bits per heavy atom. The molecule has 0 bridgehead atoms. The van der Waals surface area contributed by atoms with E-state index in [1.807, 2.05) is 36.0 Å². The average molecular weight is 244 g/mol. The molecule has 0 N–H and O–H groups in total. The maximum Gasteiger partial charge on any atom is 0.173 e. The molecule has 0 aliphatic heterocycles. The fourth-order valence-corrected chi connectivity index (χ4v) is 1.51. The molecule has 2 aromatic rings. The summed E-state index contributed by atoms with van der Waals surface area (Å²) in [5.74, 6) is 0.652. The third-order valence-electron chi connectivity index (χ3n) is 2.32. The minimum atomic E-state index is 0.652. The van der Waals surface area contributed by atoms with Gasteiger partial charge in [0.25, 0.3) is 0 Å². The lowest BCUT2D eigenvalue weighted by Crippen LogP contribution is -2.03. The molecule has 0 unspecified atom stereocenters. The van der Waals surface area contributed by atoms with Gasteiger partial charge in [-0.25, -0.2) is 4.99 Å². The molecule has 4 nitrogen and oxygen atoms in total. The first kappa shape index (κ1) is 11.6. The van der Waals surface area contributed by atoms with E-state index in [1.165, 1.54) is 5.37 Å². The molecule has 0 radical (unpaired) electrons. The largest absolute Gasteiger partial charge is 0.265 e. The molecule has 0 amide bonds. The molecule has 5 heteroatoms. The minimum absolute atomic E-state index is 0.652.